The summed E-state index contributed by atoms with van der Waals surface area (Å²) in [6, 6.07) is 7.03. The van der Waals surface area contributed by atoms with Gasteiger partial charge in [-0.15, -0.1) is 0 Å². The predicted molar refractivity (Wildman–Crippen MR) is 81.7 cm³/mol. The maximum absolute atomic E-state index is 12.5. The summed E-state index contributed by atoms with van der Waals surface area (Å²) in [5.74, 6) is 0.266. The third-order valence-corrected chi connectivity index (χ3v) is 4.98. The van der Waals surface area contributed by atoms with Gasteiger partial charge in [-0.1, -0.05) is 38.1 Å². The van der Waals surface area contributed by atoms with Gasteiger partial charge in [0.15, 0.2) is 0 Å². The highest BCUT2D eigenvalue weighted by Gasteiger charge is 2.25. The minimum absolute atomic E-state index is 0.0221. The molecule has 0 fully saturated rings. The van der Waals surface area contributed by atoms with E-state index in [0.717, 1.165) is 5.56 Å². The minimum Gasteiger partial charge on any atom is -0.392 e. The normalized spacial score (nSPS) is 12.6. The van der Waals surface area contributed by atoms with Gasteiger partial charge < -0.3 is 5.11 Å². The monoisotopic (exact) mass is 299 g/mol. The number of hydrogen-bond acceptors (Lipinski definition) is 3. The predicted octanol–water partition coefficient (Wildman–Crippen LogP) is 2.38. The summed E-state index contributed by atoms with van der Waals surface area (Å²) in [7, 11) is -3.34. The highest BCUT2D eigenvalue weighted by atomic mass is 32.2. The van der Waals surface area contributed by atoms with Crippen LogP contribution in [0.15, 0.2) is 24.3 Å². The van der Waals surface area contributed by atoms with Crippen LogP contribution in [0.1, 0.15) is 38.8 Å². The molecule has 20 heavy (non-hydrogen) atoms. The average Bonchev–Trinajstić information content (AvgIpc) is 2.35. The van der Waals surface area contributed by atoms with Gasteiger partial charge in [-0.2, -0.15) is 4.31 Å². The Labute approximate surface area is 122 Å². The van der Waals surface area contributed by atoms with Gasteiger partial charge in [-0.05, 0) is 30.9 Å². The van der Waals surface area contributed by atoms with E-state index in [4.69, 9.17) is 5.11 Å². The molecule has 0 bridgehead atoms. The summed E-state index contributed by atoms with van der Waals surface area (Å²) < 4.78 is 26.6. The van der Waals surface area contributed by atoms with Crippen molar-refractivity contribution in [3.8, 4) is 0 Å². The van der Waals surface area contributed by atoms with Crippen molar-refractivity contribution in [3.63, 3.8) is 0 Å². The number of hydrogen-bond donors (Lipinski definition) is 1. The minimum atomic E-state index is -3.34. The fraction of sp³-hybridized carbons (Fsp3) is 0.600. The summed E-state index contributed by atoms with van der Waals surface area (Å²) in [5, 5.41) is 9.12. The van der Waals surface area contributed by atoms with Crippen LogP contribution in [0.25, 0.3) is 0 Å². The van der Waals surface area contributed by atoms with Crippen molar-refractivity contribution in [1.82, 2.24) is 4.31 Å². The first kappa shape index (κ1) is 17.1. The van der Waals surface area contributed by atoms with Crippen molar-refractivity contribution in [3.05, 3.63) is 35.4 Å². The second-order valence-corrected chi connectivity index (χ2v) is 7.71. The maximum atomic E-state index is 12.5. The van der Waals surface area contributed by atoms with Crippen molar-refractivity contribution in [2.75, 3.05) is 6.54 Å². The van der Waals surface area contributed by atoms with Gasteiger partial charge in [0.25, 0.3) is 0 Å². The summed E-state index contributed by atoms with van der Waals surface area (Å²) >= 11 is 0. The van der Waals surface area contributed by atoms with Crippen LogP contribution in [-0.2, 0) is 22.4 Å². The molecule has 1 aromatic carbocycles. The number of nitrogens with zero attached hydrogens (tertiary/aromatic N) is 1. The van der Waals surface area contributed by atoms with Crippen molar-refractivity contribution in [1.29, 1.82) is 0 Å². The molecule has 0 heterocycles. The van der Waals surface area contributed by atoms with Crippen LogP contribution in [0.5, 0.6) is 0 Å². The lowest BCUT2D eigenvalue weighted by Crippen LogP contribution is -2.40. The van der Waals surface area contributed by atoms with Crippen LogP contribution in [0.3, 0.4) is 0 Å². The molecule has 0 aromatic heterocycles. The second-order valence-electron chi connectivity index (χ2n) is 5.79. The third-order valence-electron chi connectivity index (χ3n) is 3.00. The van der Waals surface area contributed by atoms with E-state index in [9.17, 15) is 8.42 Å². The van der Waals surface area contributed by atoms with Crippen LogP contribution < -0.4 is 0 Å². The van der Waals surface area contributed by atoms with E-state index in [1.165, 1.54) is 0 Å². The van der Waals surface area contributed by atoms with E-state index in [1.807, 2.05) is 27.7 Å². The first-order valence-corrected chi connectivity index (χ1v) is 8.55. The molecule has 4 nitrogen and oxygen atoms in total. The van der Waals surface area contributed by atoms with Crippen molar-refractivity contribution in [2.24, 2.45) is 5.92 Å². The molecule has 1 aromatic rings. The highest BCUT2D eigenvalue weighted by molar-refractivity contribution is 7.88. The van der Waals surface area contributed by atoms with Gasteiger partial charge in [0, 0.05) is 12.6 Å². The molecule has 0 aliphatic carbocycles. The molecule has 0 aliphatic heterocycles. The molecule has 0 radical (unpaired) electrons. The van der Waals surface area contributed by atoms with E-state index < -0.39 is 10.0 Å². The molecular weight excluding hydrogens is 274 g/mol. The molecular formula is C15H25NO3S. The Balaban J connectivity index is 2.96. The number of sulfonamides is 1. The molecule has 0 saturated heterocycles. The van der Waals surface area contributed by atoms with Crippen molar-refractivity contribution < 1.29 is 13.5 Å². The Kier molecular flexibility index (Phi) is 6.17. The standard InChI is InChI=1S/C15H25NO3S/c1-12(2)9-16(13(3)4)20(18,19)11-15-7-5-6-14(8-15)10-17/h5-8,12-13,17H,9-11H2,1-4H3. The SMILES string of the molecule is CC(C)CN(C(C)C)S(=O)(=O)Cc1cccc(CO)c1. The van der Waals surface area contributed by atoms with Gasteiger partial charge in [0.05, 0.1) is 12.4 Å². The first-order valence-electron chi connectivity index (χ1n) is 6.94. The van der Waals surface area contributed by atoms with Crippen molar-refractivity contribution >= 4 is 10.0 Å². The number of aliphatic hydroxyl groups excluding tert-OH is 1. The Bertz CT molecular complexity index is 524. The summed E-state index contributed by atoms with van der Waals surface area (Å²) in [6.45, 7) is 8.26. The molecule has 0 saturated carbocycles. The Morgan fingerprint density at radius 3 is 2.25 bits per heavy atom. The van der Waals surface area contributed by atoms with Crippen LogP contribution in [0.4, 0.5) is 0 Å². The van der Waals surface area contributed by atoms with E-state index in [0.29, 0.717) is 12.1 Å². The summed E-state index contributed by atoms with van der Waals surface area (Å²) in [6.07, 6.45) is 0. The number of benzene rings is 1. The van der Waals surface area contributed by atoms with Crippen LogP contribution in [-0.4, -0.2) is 30.4 Å². The zero-order chi connectivity index (χ0) is 15.3. The van der Waals surface area contributed by atoms with Gasteiger partial charge >= 0.3 is 0 Å². The molecule has 0 unspecified atom stereocenters. The molecule has 5 heteroatoms. The Morgan fingerprint density at radius 1 is 1.15 bits per heavy atom. The van der Waals surface area contributed by atoms with Gasteiger partial charge in [0.2, 0.25) is 10.0 Å². The highest BCUT2D eigenvalue weighted by Crippen LogP contribution is 2.17. The van der Waals surface area contributed by atoms with E-state index in [2.05, 4.69) is 0 Å². The van der Waals surface area contributed by atoms with E-state index in [-0.39, 0.29) is 24.3 Å². The fourth-order valence-electron chi connectivity index (χ4n) is 2.12. The molecule has 114 valence electrons. The molecule has 0 atom stereocenters. The third kappa shape index (κ3) is 4.89. The Morgan fingerprint density at radius 2 is 1.75 bits per heavy atom. The maximum Gasteiger partial charge on any atom is 0.218 e. The fourth-order valence-corrected chi connectivity index (χ4v) is 4.05. The van der Waals surface area contributed by atoms with Gasteiger partial charge in [0.1, 0.15) is 0 Å². The van der Waals surface area contributed by atoms with Crippen molar-refractivity contribution in [2.45, 2.75) is 46.1 Å². The molecule has 1 rings (SSSR count). The zero-order valence-corrected chi connectivity index (χ0v) is 13.5. The molecule has 0 amide bonds. The number of rotatable bonds is 7. The topological polar surface area (TPSA) is 57.6 Å². The largest absolute Gasteiger partial charge is 0.392 e. The Hall–Kier alpha value is -0.910. The summed E-state index contributed by atoms with van der Waals surface area (Å²) in [4.78, 5) is 0. The van der Waals surface area contributed by atoms with Crippen LogP contribution in [0, 0.1) is 5.92 Å². The lowest BCUT2D eigenvalue weighted by atomic mass is 10.1. The number of aliphatic hydroxyl groups is 1. The van der Waals surface area contributed by atoms with E-state index >= 15 is 0 Å². The lowest BCUT2D eigenvalue weighted by molar-refractivity contribution is 0.281. The summed E-state index contributed by atoms with van der Waals surface area (Å²) in [5.41, 5.74) is 1.45. The molecule has 0 aliphatic rings. The van der Waals surface area contributed by atoms with Gasteiger partial charge in [-0.3, -0.25) is 0 Å². The molecule has 1 N–H and O–H groups in total. The average molecular weight is 299 g/mol. The second kappa shape index (κ2) is 7.20. The quantitative estimate of drug-likeness (QED) is 0.841. The van der Waals surface area contributed by atoms with Gasteiger partial charge in [-0.25, -0.2) is 8.42 Å². The molecule has 0 spiro atoms. The first-order chi connectivity index (χ1) is 9.26. The zero-order valence-electron chi connectivity index (χ0n) is 12.7. The van der Waals surface area contributed by atoms with Crippen LogP contribution >= 0.6 is 0 Å². The lowest BCUT2D eigenvalue weighted by Gasteiger charge is -2.27. The van der Waals surface area contributed by atoms with Crippen LogP contribution in [0.2, 0.25) is 0 Å². The smallest absolute Gasteiger partial charge is 0.218 e. The van der Waals surface area contributed by atoms with E-state index in [1.54, 1.807) is 28.6 Å².